The lowest BCUT2D eigenvalue weighted by Gasteiger charge is -2.22. The molecule has 1 aliphatic carbocycles. The van der Waals surface area contributed by atoms with E-state index < -0.39 is 10.0 Å². The minimum absolute atomic E-state index is 0.0790. The van der Waals surface area contributed by atoms with E-state index in [0.29, 0.717) is 17.0 Å². The second kappa shape index (κ2) is 9.51. The topological polar surface area (TPSA) is 84.5 Å². The smallest absolute Gasteiger partial charge is 0.261 e. The van der Waals surface area contributed by atoms with Crippen LogP contribution in [0.1, 0.15) is 48.8 Å². The first kappa shape index (κ1) is 22.2. The molecule has 0 atom stereocenters. The largest absolute Gasteiger partial charge is 0.484 e. The summed E-state index contributed by atoms with van der Waals surface area (Å²) in [6.45, 7) is 5.60. The number of benzene rings is 2. The first-order chi connectivity index (χ1) is 14.2. The Kier molecular flexibility index (Phi) is 7.02. The van der Waals surface area contributed by atoms with Crippen molar-refractivity contribution in [2.24, 2.45) is 0 Å². The lowest BCUT2D eigenvalue weighted by Crippen LogP contribution is -2.39. The van der Waals surface area contributed by atoms with Gasteiger partial charge in [-0.15, -0.1) is 0 Å². The molecule has 0 unspecified atom stereocenters. The Balaban J connectivity index is 1.62. The molecule has 2 aromatic rings. The van der Waals surface area contributed by atoms with Gasteiger partial charge in [0.05, 0.1) is 4.90 Å². The molecule has 0 bridgehead atoms. The van der Waals surface area contributed by atoms with Crippen LogP contribution < -0.4 is 14.8 Å². The van der Waals surface area contributed by atoms with Crippen LogP contribution >= 0.6 is 0 Å². The van der Waals surface area contributed by atoms with Crippen molar-refractivity contribution in [2.75, 3.05) is 11.3 Å². The Morgan fingerprint density at radius 2 is 1.70 bits per heavy atom. The Morgan fingerprint density at radius 1 is 0.967 bits per heavy atom. The minimum Gasteiger partial charge on any atom is -0.484 e. The van der Waals surface area contributed by atoms with Gasteiger partial charge in [-0.2, -0.15) is 0 Å². The number of carbonyl (C=O) groups is 1. The van der Waals surface area contributed by atoms with Gasteiger partial charge in [0.15, 0.2) is 6.61 Å². The van der Waals surface area contributed by atoms with Gasteiger partial charge < -0.3 is 10.1 Å². The summed E-state index contributed by atoms with van der Waals surface area (Å²) in [5.74, 6) is 0.355. The van der Waals surface area contributed by atoms with Crippen molar-refractivity contribution in [3.8, 4) is 5.75 Å². The van der Waals surface area contributed by atoms with E-state index in [-0.39, 0.29) is 23.5 Å². The number of rotatable bonds is 7. The van der Waals surface area contributed by atoms with E-state index >= 15 is 0 Å². The molecule has 6 nitrogen and oxygen atoms in total. The highest BCUT2D eigenvalue weighted by Gasteiger charge is 2.18. The second-order valence-corrected chi connectivity index (χ2v) is 9.71. The average Bonchev–Trinajstić information content (AvgIpc) is 2.70. The molecule has 0 saturated heterocycles. The fourth-order valence-electron chi connectivity index (χ4n) is 3.63. The summed E-state index contributed by atoms with van der Waals surface area (Å²) in [4.78, 5) is 12.3. The van der Waals surface area contributed by atoms with Gasteiger partial charge in [0.25, 0.3) is 15.9 Å². The molecule has 0 aliphatic heterocycles. The third kappa shape index (κ3) is 5.75. The van der Waals surface area contributed by atoms with Gasteiger partial charge in [-0.1, -0.05) is 25.3 Å². The number of hydrogen-bond acceptors (Lipinski definition) is 4. The van der Waals surface area contributed by atoms with Gasteiger partial charge in [0.2, 0.25) is 0 Å². The number of sulfonamides is 1. The molecule has 1 saturated carbocycles. The van der Waals surface area contributed by atoms with Gasteiger partial charge >= 0.3 is 0 Å². The maximum Gasteiger partial charge on any atom is 0.261 e. The molecule has 0 spiro atoms. The third-order valence-corrected chi connectivity index (χ3v) is 6.92. The van der Waals surface area contributed by atoms with Crippen LogP contribution in [0.4, 0.5) is 5.69 Å². The van der Waals surface area contributed by atoms with E-state index in [1.165, 1.54) is 12.5 Å². The molecular formula is C23H30N2O4S. The van der Waals surface area contributed by atoms with Gasteiger partial charge in [-0.05, 0) is 80.6 Å². The number of hydrogen-bond donors (Lipinski definition) is 2. The third-order valence-electron chi connectivity index (χ3n) is 5.54. The first-order valence-corrected chi connectivity index (χ1v) is 11.9. The summed E-state index contributed by atoms with van der Waals surface area (Å²) in [5, 5.41) is 3.01. The van der Waals surface area contributed by atoms with Crippen LogP contribution in [0.5, 0.6) is 5.75 Å². The van der Waals surface area contributed by atoms with E-state index in [4.69, 9.17) is 4.74 Å². The zero-order valence-electron chi connectivity index (χ0n) is 17.8. The van der Waals surface area contributed by atoms with Crippen LogP contribution in [0, 0.1) is 20.8 Å². The summed E-state index contributed by atoms with van der Waals surface area (Å²) >= 11 is 0. The minimum atomic E-state index is -3.72. The fraction of sp³-hybridized carbons (Fsp3) is 0.435. The van der Waals surface area contributed by atoms with E-state index in [9.17, 15) is 13.2 Å². The average molecular weight is 431 g/mol. The number of ether oxygens (including phenoxy) is 1. The molecule has 2 N–H and O–H groups in total. The number of amides is 1. The molecular weight excluding hydrogens is 400 g/mol. The van der Waals surface area contributed by atoms with E-state index in [1.54, 1.807) is 25.1 Å². The standard InChI is InChI=1S/C23H30N2O4S/c1-16-9-10-20(13-17(16)2)25-30(27,28)21-11-12-22(18(3)14-21)29-15-23(26)24-19-7-5-4-6-8-19/h9-14,19,25H,4-8,15H2,1-3H3,(H,24,26). The molecule has 2 aromatic carbocycles. The van der Waals surface area contributed by atoms with Gasteiger partial charge in [0, 0.05) is 11.7 Å². The molecule has 0 aromatic heterocycles. The zero-order chi connectivity index (χ0) is 21.7. The SMILES string of the molecule is Cc1ccc(NS(=O)(=O)c2ccc(OCC(=O)NC3CCCCC3)c(C)c2)cc1C. The van der Waals surface area contributed by atoms with Crippen molar-refractivity contribution in [3.63, 3.8) is 0 Å². The second-order valence-electron chi connectivity index (χ2n) is 8.02. The van der Waals surface area contributed by atoms with Crippen molar-refractivity contribution in [1.29, 1.82) is 0 Å². The van der Waals surface area contributed by atoms with Crippen LogP contribution in [0.3, 0.4) is 0 Å². The molecule has 30 heavy (non-hydrogen) atoms. The molecule has 3 rings (SSSR count). The highest BCUT2D eigenvalue weighted by atomic mass is 32.2. The van der Waals surface area contributed by atoms with Crippen LogP contribution in [0.25, 0.3) is 0 Å². The monoisotopic (exact) mass is 430 g/mol. The highest BCUT2D eigenvalue weighted by Crippen LogP contribution is 2.24. The summed E-state index contributed by atoms with van der Waals surface area (Å²) in [6, 6.07) is 10.3. The molecule has 7 heteroatoms. The predicted octanol–water partition coefficient (Wildman–Crippen LogP) is 4.24. The van der Waals surface area contributed by atoms with Crippen molar-refractivity contribution >= 4 is 21.6 Å². The molecule has 1 amide bonds. The van der Waals surface area contributed by atoms with Crippen molar-refractivity contribution in [3.05, 3.63) is 53.1 Å². The summed E-state index contributed by atoms with van der Waals surface area (Å²) in [7, 11) is -3.72. The van der Waals surface area contributed by atoms with Gasteiger partial charge in [0.1, 0.15) is 5.75 Å². The van der Waals surface area contributed by atoms with Gasteiger partial charge in [-0.3, -0.25) is 9.52 Å². The van der Waals surface area contributed by atoms with Crippen molar-refractivity contribution in [1.82, 2.24) is 5.32 Å². The summed E-state index contributed by atoms with van der Waals surface area (Å²) in [6.07, 6.45) is 5.57. The molecule has 0 radical (unpaired) electrons. The lowest BCUT2D eigenvalue weighted by molar-refractivity contribution is -0.124. The lowest BCUT2D eigenvalue weighted by atomic mass is 9.95. The van der Waals surface area contributed by atoms with E-state index in [1.807, 2.05) is 26.0 Å². The van der Waals surface area contributed by atoms with Crippen LogP contribution in [-0.2, 0) is 14.8 Å². The van der Waals surface area contributed by atoms with Crippen LogP contribution in [-0.4, -0.2) is 27.0 Å². The van der Waals surface area contributed by atoms with E-state index in [2.05, 4.69) is 10.0 Å². The van der Waals surface area contributed by atoms with Crippen molar-refractivity contribution in [2.45, 2.75) is 63.8 Å². The Bertz CT molecular complexity index is 1010. The molecule has 1 fully saturated rings. The summed E-state index contributed by atoms with van der Waals surface area (Å²) in [5.41, 5.74) is 3.29. The summed E-state index contributed by atoms with van der Waals surface area (Å²) < 4.78 is 33.7. The molecule has 0 heterocycles. The maximum absolute atomic E-state index is 12.7. The zero-order valence-corrected chi connectivity index (χ0v) is 18.6. The predicted molar refractivity (Wildman–Crippen MR) is 118 cm³/mol. The Labute approximate surface area is 179 Å². The van der Waals surface area contributed by atoms with Crippen LogP contribution in [0.15, 0.2) is 41.3 Å². The quantitative estimate of drug-likeness (QED) is 0.688. The van der Waals surface area contributed by atoms with Crippen LogP contribution in [0.2, 0.25) is 0 Å². The normalized spacial score (nSPS) is 14.9. The number of aryl methyl sites for hydroxylation is 3. The number of nitrogens with one attached hydrogen (secondary N) is 2. The Hall–Kier alpha value is -2.54. The Morgan fingerprint density at radius 3 is 2.37 bits per heavy atom. The van der Waals surface area contributed by atoms with Crippen molar-refractivity contribution < 1.29 is 17.9 Å². The number of carbonyl (C=O) groups excluding carboxylic acids is 1. The highest BCUT2D eigenvalue weighted by molar-refractivity contribution is 7.92. The maximum atomic E-state index is 12.7. The first-order valence-electron chi connectivity index (χ1n) is 10.4. The van der Waals surface area contributed by atoms with Gasteiger partial charge in [-0.25, -0.2) is 8.42 Å². The molecule has 1 aliphatic rings. The van der Waals surface area contributed by atoms with E-state index in [0.717, 1.165) is 36.8 Å². The number of anilines is 1. The fourth-order valence-corrected chi connectivity index (χ4v) is 4.76. The molecule has 162 valence electrons.